The summed E-state index contributed by atoms with van der Waals surface area (Å²) in [6, 6.07) is 3.38. The quantitative estimate of drug-likeness (QED) is 0.683. The zero-order valence-corrected chi connectivity index (χ0v) is 7.24. The van der Waals surface area contributed by atoms with Crippen LogP contribution in [0.25, 0.3) is 10.4 Å². The van der Waals surface area contributed by atoms with E-state index in [-0.39, 0.29) is 0 Å². The highest BCUT2D eigenvalue weighted by atomic mass is 32.1. The van der Waals surface area contributed by atoms with Gasteiger partial charge in [-0.1, -0.05) is 0 Å². The molecule has 0 amide bonds. The van der Waals surface area contributed by atoms with Gasteiger partial charge in [-0.15, -0.1) is 11.3 Å². The van der Waals surface area contributed by atoms with Gasteiger partial charge in [0.2, 0.25) is 0 Å². The van der Waals surface area contributed by atoms with Crippen LogP contribution >= 0.6 is 11.3 Å². The maximum atomic E-state index is 12.8. The molecular formula is C9H4F2NS. The molecule has 1 nitrogen and oxygen atoms in total. The van der Waals surface area contributed by atoms with Crippen LogP contribution in [0.5, 0.6) is 0 Å². The second kappa shape index (κ2) is 3.22. The minimum absolute atomic E-state index is 0.497. The van der Waals surface area contributed by atoms with E-state index in [1.165, 1.54) is 29.7 Å². The lowest BCUT2D eigenvalue weighted by molar-refractivity contribution is 0.584. The average molecular weight is 196 g/mol. The molecule has 1 heterocycles. The van der Waals surface area contributed by atoms with Gasteiger partial charge < -0.3 is 0 Å². The summed E-state index contributed by atoms with van der Waals surface area (Å²) in [4.78, 5) is 4.41. The summed E-state index contributed by atoms with van der Waals surface area (Å²) in [7, 11) is 0. The topological polar surface area (TPSA) is 12.9 Å². The molecule has 0 bridgehead atoms. The second-order valence-corrected chi connectivity index (χ2v) is 3.30. The van der Waals surface area contributed by atoms with Crippen molar-refractivity contribution in [3.63, 3.8) is 0 Å². The summed E-state index contributed by atoms with van der Waals surface area (Å²) < 4.78 is 25.5. The molecule has 1 aromatic heterocycles. The van der Waals surface area contributed by atoms with Crippen LogP contribution in [0, 0.1) is 17.1 Å². The molecular weight excluding hydrogens is 192 g/mol. The second-order valence-electron chi connectivity index (χ2n) is 2.47. The van der Waals surface area contributed by atoms with Crippen LogP contribution in [0.3, 0.4) is 0 Å². The third-order valence-corrected chi connectivity index (χ3v) is 2.29. The fourth-order valence-electron chi connectivity index (χ4n) is 1.02. The van der Waals surface area contributed by atoms with Crippen LogP contribution in [0.15, 0.2) is 24.4 Å². The zero-order chi connectivity index (χ0) is 9.26. The van der Waals surface area contributed by atoms with Crippen molar-refractivity contribution in [3.8, 4) is 10.4 Å². The third-order valence-electron chi connectivity index (χ3n) is 1.54. The first kappa shape index (κ1) is 8.31. The van der Waals surface area contributed by atoms with Crippen LogP contribution in [0.4, 0.5) is 8.78 Å². The van der Waals surface area contributed by atoms with Crippen LogP contribution < -0.4 is 0 Å². The molecule has 0 unspecified atom stereocenters. The van der Waals surface area contributed by atoms with Gasteiger partial charge in [0.1, 0.15) is 11.6 Å². The Morgan fingerprint density at radius 2 is 1.85 bits per heavy atom. The molecule has 0 aliphatic heterocycles. The minimum atomic E-state index is -0.580. The van der Waals surface area contributed by atoms with E-state index in [0.29, 0.717) is 10.4 Å². The van der Waals surface area contributed by atoms with Crippen molar-refractivity contribution >= 4 is 11.3 Å². The van der Waals surface area contributed by atoms with Crippen molar-refractivity contribution in [2.24, 2.45) is 0 Å². The maximum absolute atomic E-state index is 12.8. The summed E-state index contributed by atoms with van der Waals surface area (Å²) in [5, 5.41) is 0. The van der Waals surface area contributed by atoms with Crippen molar-refractivity contribution in [2.75, 3.05) is 0 Å². The first-order chi connectivity index (χ1) is 6.25. The average Bonchev–Trinajstić information content (AvgIpc) is 2.53. The molecule has 13 heavy (non-hydrogen) atoms. The number of rotatable bonds is 1. The lowest BCUT2D eigenvalue weighted by atomic mass is 10.2. The Balaban J connectivity index is 2.53. The Morgan fingerprint density at radius 3 is 2.38 bits per heavy atom. The number of aromatic nitrogens is 1. The predicted molar refractivity (Wildman–Crippen MR) is 46.3 cm³/mol. The van der Waals surface area contributed by atoms with Crippen LogP contribution in [-0.4, -0.2) is 4.98 Å². The van der Waals surface area contributed by atoms with Gasteiger partial charge in [-0.25, -0.2) is 13.8 Å². The third kappa shape index (κ3) is 1.72. The molecule has 0 atom stereocenters. The summed E-state index contributed by atoms with van der Waals surface area (Å²) in [5.74, 6) is -1.16. The van der Waals surface area contributed by atoms with Crippen molar-refractivity contribution in [2.45, 2.75) is 0 Å². The highest BCUT2D eigenvalue weighted by Crippen LogP contribution is 2.24. The van der Waals surface area contributed by atoms with Crippen molar-refractivity contribution in [1.82, 2.24) is 4.98 Å². The number of benzene rings is 1. The number of hydrogen-bond donors (Lipinski definition) is 0. The van der Waals surface area contributed by atoms with Gasteiger partial charge in [0.05, 0.1) is 4.88 Å². The highest BCUT2D eigenvalue weighted by Gasteiger charge is 2.03. The van der Waals surface area contributed by atoms with E-state index in [1.54, 1.807) is 0 Å². The van der Waals surface area contributed by atoms with Gasteiger partial charge in [0, 0.05) is 12.3 Å². The molecule has 0 spiro atoms. The van der Waals surface area contributed by atoms with Gasteiger partial charge >= 0.3 is 0 Å². The number of halogens is 2. The van der Waals surface area contributed by atoms with E-state index in [2.05, 4.69) is 10.5 Å². The van der Waals surface area contributed by atoms with E-state index < -0.39 is 11.6 Å². The zero-order valence-electron chi connectivity index (χ0n) is 6.42. The van der Waals surface area contributed by atoms with Crippen LogP contribution in [0.1, 0.15) is 0 Å². The fourth-order valence-corrected chi connectivity index (χ4v) is 1.56. The summed E-state index contributed by atoms with van der Waals surface area (Å²) in [6.45, 7) is 0. The van der Waals surface area contributed by atoms with E-state index in [1.807, 2.05) is 0 Å². The molecule has 1 aromatic carbocycles. The Kier molecular flexibility index (Phi) is 2.06. The van der Waals surface area contributed by atoms with E-state index in [9.17, 15) is 8.78 Å². The van der Waals surface area contributed by atoms with Gasteiger partial charge in [0.15, 0.2) is 5.51 Å². The van der Waals surface area contributed by atoms with Gasteiger partial charge in [-0.3, -0.25) is 0 Å². The van der Waals surface area contributed by atoms with Crippen molar-refractivity contribution in [3.05, 3.63) is 41.5 Å². The SMILES string of the molecule is Fc1cc(F)cc(-c2cn[c]s2)c1. The first-order valence-corrected chi connectivity index (χ1v) is 4.36. The van der Waals surface area contributed by atoms with Gasteiger partial charge in [0.25, 0.3) is 0 Å². The summed E-state index contributed by atoms with van der Waals surface area (Å²) >= 11 is 1.22. The molecule has 2 aromatic rings. The molecule has 0 saturated heterocycles. The Morgan fingerprint density at radius 1 is 1.15 bits per heavy atom. The molecule has 0 saturated carbocycles. The number of thiazole rings is 1. The molecule has 0 aliphatic rings. The Bertz CT molecular complexity index is 391. The Labute approximate surface area is 77.7 Å². The van der Waals surface area contributed by atoms with Crippen LogP contribution in [0.2, 0.25) is 0 Å². The smallest absolute Gasteiger partial charge is 0.152 e. The van der Waals surface area contributed by atoms with Gasteiger partial charge in [-0.2, -0.15) is 0 Å². The fraction of sp³-hybridized carbons (Fsp3) is 0. The summed E-state index contributed by atoms with van der Waals surface area (Å²) in [6.07, 6.45) is 1.53. The lowest BCUT2D eigenvalue weighted by Crippen LogP contribution is -1.81. The highest BCUT2D eigenvalue weighted by molar-refractivity contribution is 7.12. The normalized spacial score (nSPS) is 10.3. The molecule has 4 heteroatoms. The maximum Gasteiger partial charge on any atom is 0.152 e. The molecule has 0 aliphatic carbocycles. The Hall–Kier alpha value is -1.29. The lowest BCUT2D eigenvalue weighted by Gasteiger charge is -1.96. The molecule has 0 N–H and O–H groups in total. The van der Waals surface area contributed by atoms with E-state index in [0.717, 1.165) is 6.07 Å². The van der Waals surface area contributed by atoms with Crippen LogP contribution in [-0.2, 0) is 0 Å². The standard InChI is InChI=1S/C9H4F2NS/c10-7-1-6(2-8(11)3-7)9-4-12-5-13-9/h1-4H. The van der Waals surface area contributed by atoms with E-state index >= 15 is 0 Å². The molecule has 0 fully saturated rings. The van der Waals surface area contributed by atoms with Crippen molar-refractivity contribution in [1.29, 1.82) is 0 Å². The minimum Gasteiger partial charge on any atom is -0.241 e. The molecule has 65 valence electrons. The van der Waals surface area contributed by atoms with Gasteiger partial charge in [-0.05, 0) is 17.7 Å². The largest absolute Gasteiger partial charge is 0.241 e. The molecule has 1 radical (unpaired) electrons. The number of nitrogens with zero attached hydrogens (tertiary/aromatic N) is 1. The van der Waals surface area contributed by atoms with E-state index in [4.69, 9.17) is 0 Å². The van der Waals surface area contributed by atoms with Crippen molar-refractivity contribution < 1.29 is 8.78 Å². The first-order valence-electron chi connectivity index (χ1n) is 3.54. The molecule has 2 rings (SSSR count). The number of hydrogen-bond acceptors (Lipinski definition) is 2. The predicted octanol–water partition coefficient (Wildman–Crippen LogP) is 2.89. The monoisotopic (exact) mass is 196 g/mol. The summed E-state index contributed by atoms with van der Waals surface area (Å²) in [5.41, 5.74) is 3.11.